The number of ether oxygens (including phenoxy) is 1. The minimum atomic E-state index is -0.533. The average Bonchev–Trinajstić information content (AvgIpc) is 2.05. The maximum atomic E-state index is 8.89. The molecule has 0 saturated carbocycles. The van der Waals surface area contributed by atoms with Crippen molar-refractivity contribution in [2.24, 2.45) is 0 Å². The molecule has 0 radical (unpaired) electrons. The number of rotatable bonds is 1. The molecule has 0 amide bonds. The Bertz CT molecular complexity index is 313. The molecule has 0 aromatic carbocycles. The van der Waals surface area contributed by atoms with Crippen molar-refractivity contribution in [2.45, 2.75) is 5.41 Å². The van der Waals surface area contributed by atoms with E-state index < -0.39 is 5.41 Å². The Labute approximate surface area is 69.8 Å². The summed E-state index contributed by atoms with van der Waals surface area (Å²) in [4.78, 5) is 7.99. The van der Waals surface area contributed by atoms with E-state index in [2.05, 4.69) is 16.0 Å². The van der Waals surface area contributed by atoms with Crippen molar-refractivity contribution < 1.29 is 4.74 Å². The van der Waals surface area contributed by atoms with Crippen LogP contribution in [0.15, 0.2) is 18.6 Å². The summed E-state index contributed by atoms with van der Waals surface area (Å²) in [5.74, 6) is 0. The fourth-order valence-corrected chi connectivity index (χ4v) is 1.12. The first-order chi connectivity index (χ1) is 5.87. The molecule has 2 heterocycles. The van der Waals surface area contributed by atoms with Crippen LogP contribution in [0.25, 0.3) is 0 Å². The molecule has 0 bridgehead atoms. The van der Waals surface area contributed by atoms with Gasteiger partial charge in [-0.1, -0.05) is 0 Å². The van der Waals surface area contributed by atoms with Crippen molar-refractivity contribution in [2.75, 3.05) is 13.2 Å². The van der Waals surface area contributed by atoms with Crippen LogP contribution in [0.5, 0.6) is 0 Å². The highest BCUT2D eigenvalue weighted by molar-refractivity contribution is 5.27. The highest BCUT2D eigenvalue weighted by Gasteiger charge is 2.42. The van der Waals surface area contributed by atoms with E-state index in [0.717, 1.165) is 0 Å². The second-order valence-corrected chi connectivity index (χ2v) is 2.78. The molecule has 2 rings (SSSR count). The fraction of sp³-hybridized carbons (Fsp3) is 0.375. The van der Waals surface area contributed by atoms with Crippen LogP contribution in [0.1, 0.15) is 5.69 Å². The number of nitrogens with zero attached hydrogens (tertiary/aromatic N) is 3. The minimum Gasteiger partial charge on any atom is -0.377 e. The monoisotopic (exact) mass is 161 g/mol. The van der Waals surface area contributed by atoms with Gasteiger partial charge >= 0.3 is 0 Å². The quantitative estimate of drug-likeness (QED) is 0.593. The molecule has 0 unspecified atom stereocenters. The third-order valence-electron chi connectivity index (χ3n) is 1.96. The van der Waals surface area contributed by atoms with Gasteiger partial charge in [0.15, 0.2) is 0 Å². The molecule has 1 aromatic rings. The minimum absolute atomic E-state index is 0.433. The average molecular weight is 161 g/mol. The van der Waals surface area contributed by atoms with E-state index in [1.54, 1.807) is 18.6 Å². The zero-order valence-corrected chi connectivity index (χ0v) is 6.40. The zero-order chi connectivity index (χ0) is 8.44. The van der Waals surface area contributed by atoms with Gasteiger partial charge in [-0.25, -0.2) is 0 Å². The van der Waals surface area contributed by atoms with Gasteiger partial charge in [0.2, 0.25) is 0 Å². The van der Waals surface area contributed by atoms with Crippen LogP contribution in [-0.2, 0) is 10.2 Å². The van der Waals surface area contributed by atoms with Gasteiger partial charge in [-0.2, -0.15) is 5.26 Å². The van der Waals surface area contributed by atoms with Gasteiger partial charge in [0.1, 0.15) is 5.41 Å². The third-order valence-corrected chi connectivity index (χ3v) is 1.96. The number of hydrogen-bond acceptors (Lipinski definition) is 4. The van der Waals surface area contributed by atoms with E-state index in [-0.39, 0.29) is 0 Å². The predicted molar refractivity (Wildman–Crippen MR) is 40.1 cm³/mol. The van der Waals surface area contributed by atoms with Crippen molar-refractivity contribution in [3.8, 4) is 6.07 Å². The lowest BCUT2D eigenvalue weighted by atomic mass is 9.84. The highest BCUT2D eigenvalue weighted by Crippen LogP contribution is 2.29. The molecule has 1 fully saturated rings. The first-order valence-corrected chi connectivity index (χ1v) is 3.63. The Hall–Kier alpha value is -1.47. The molecule has 1 aliphatic heterocycles. The van der Waals surface area contributed by atoms with Crippen molar-refractivity contribution in [3.63, 3.8) is 0 Å². The summed E-state index contributed by atoms with van der Waals surface area (Å²) in [5, 5.41) is 8.89. The van der Waals surface area contributed by atoms with Gasteiger partial charge in [0.05, 0.1) is 31.2 Å². The van der Waals surface area contributed by atoms with Crippen LogP contribution in [-0.4, -0.2) is 23.2 Å². The standard InChI is InChI=1S/C8H7N3O/c9-4-8(5-12-6-8)7-3-10-1-2-11-7/h1-3H,5-6H2. The lowest BCUT2D eigenvalue weighted by Gasteiger charge is -2.33. The molecule has 0 aliphatic carbocycles. The van der Waals surface area contributed by atoms with E-state index in [9.17, 15) is 0 Å². The molecule has 1 aromatic heterocycles. The highest BCUT2D eigenvalue weighted by atomic mass is 16.5. The van der Waals surface area contributed by atoms with Crippen molar-refractivity contribution in [3.05, 3.63) is 24.3 Å². The second-order valence-electron chi connectivity index (χ2n) is 2.78. The SMILES string of the molecule is N#CC1(c2cnccn2)COC1. The summed E-state index contributed by atoms with van der Waals surface area (Å²) >= 11 is 0. The van der Waals surface area contributed by atoms with Gasteiger partial charge in [-0.05, 0) is 0 Å². The molecule has 60 valence electrons. The van der Waals surface area contributed by atoms with Gasteiger partial charge in [-0.3, -0.25) is 9.97 Å². The molecule has 0 atom stereocenters. The Kier molecular flexibility index (Phi) is 1.52. The summed E-state index contributed by atoms with van der Waals surface area (Å²) < 4.78 is 4.99. The van der Waals surface area contributed by atoms with E-state index in [4.69, 9.17) is 10.00 Å². The lowest BCUT2D eigenvalue weighted by molar-refractivity contribution is -0.0319. The smallest absolute Gasteiger partial charge is 0.147 e. The van der Waals surface area contributed by atoms with Crippen molar-refractivity contribution in [1.29, 1.82) is 5.26 Å². The summed E-state index contributed by atoms with van der Waals surface area (Å²) in [6, 6.07) is 2.20. The van der Waals surface area contributed by atoms with Crippen LogP contribution >= 0.6 is 0 Å². The first-order valence-electron chi connectivity index (χ1n) is 3.63. The van der Waals surface area contributed by atoms with Gasteiger partial charge in [0.25, 0.3) is 0 Å². The van der Waals surface area contributed by atoms with E-state index in [1.807, 2.05) is 0 Å². The zero-order valence-electron chi connectivity index (χ0n) is 6.40. The summed E-state index contributed by atoms with van der Waals surface area (Å²) in [7, 11) is 0. The van der Waals surface area contributed by atoms with Crippen LogP contribution in [0.3, 0.4) is 0 Å². The van der Waals surface area contributed by atoms with Crippen LogP contribution in [0.4, 0.5) is 0 Å². The summed E-state index contributed by atoms with van der Waals surface area (Å²) in [6.45, 7) is 0.865. The molecule has 4 nitrogen and oxygen atoms in total. The second kappa shape index (κ2) is 2.54. The molecular formula is C8H7N3O. The fourth-order valence-electron chi connectivity index (χ4n) is 1.12. The number of hydrogen-bond donors (Lipinski definition) is 0. The Morgan fingerprint density at radius 2 is 2.33 bits per heavy atom. The van der Waals surface area contributed by atoms with Crippen molar-refractivity contribution in [1.82, 2.24) is 9.97 Å². The van der Waals surface area contributed by atoms with Crippen LogP contribution < -0.4 is 0 Å². The largest absolute Gasteiger partial charge is 0.377 e. The van der Waals surface area contributed by atoms with E-state index in [0.29, 0.717) is 18.9 Å². The third kappa shape index (κ3) is 0.874. The Morgan fingerprint density at radius 3 is 2.75 bits per heavy atom. The van der Waals surface area contributed by atoms with Gasteiger partial charge in [0, 0.05) is 12.4 Å². The van der Waals surface area contributed by atoms with Gasteiger partial charge in [-0.15, -0.1) is 0 Å². The molecule has 4 heteroatoms. The molecule has 0 N–H and O–H groups in total. The summed E-state index contributed by atoms with van der Waals surface area (Å²) in [5.41, 5.74) is 0.174. The van der Waals surface area contributed by atoms with E-state index in [1.165, 1.54) is 0 Å². The molecule has 1 saturated heterocycles. The number of nitriles is 1. The Morgan fingerprint density at radius 1 is 1.50 bits per heavy atom. The lowest BCUT2D eigenvalue weighted by Crippen LogP contribution is -2.46. The predicted octanol–water partition coefficient (Wildman–Crippen LogP) is 0.268. The van der Waals surface area contributed by atoms with Gasteiger partial charge < -0.3 is 4.74 Å². The maximum Gasteiger partial charge on any atom is 0.147 e. The normalized spacial score (nSPS) is 19.2. The summed E-state index contributed by atoms with van der Waals surface area (Å²) in [6.07, 6.45) is 4.80. The Balaban J connectivity index is 2.36. The molecule has 12 heavy (non-hydrogen) atoms. The number of aromatic nitrogens is 2. The van der Waals surface area contributed by atoms with Crippen LogP contribution in [0.2, 0.25) is 0 Å². The van der Waals surface area contributed by atoms with Crippen LogP contribution in [0, 0.1) is 11.3 Å². The maximum absolute atomic E-state index is 8.89. The molecule has 1 aliphatic rings. The molecule has 0 spiro atoms. The topological polar surface area (TPSA) is 58.8 Å². The molecular weight excluding hydrogens is 154 g/mol. The van der Waals surface area contributed by atoms with E-state index >= 15 is 0 Å². The first kappa shape index (κ1) is 7.19. The van der Waals surface area contributed by atoms with Crippen molar-refractivity contribution >= 4 is 0 Å².